The molecular formula is C21H19N5O. The number of benzene rings is 2. The second-order valence-corrected chi connectivity index (χ2v) is 6.33. The highest BCUT2D eigenvalue weighted by atomic mass is 16.1. The third-order valence-electron chi connectivity index (χ3n) is 3.84. The number of aromatic nitrogens is 2. The lowest BCUT2D eigenvalue weighted by Gasteiger charge is -2.10. The Morgan fingerprint density at radius 2 is 1.59 bits per heavy atom. The highest BCUT2D eigenvalue weighted by molar-refractivity contribution is 6.03. The fourth-order valence-electron chi connectivity index (χ4n) is 2.77. The molecule has 3 aromatic rings. The van der Waals surface area contributed by atoms with E-state index in [4.69, 9.17) is 5.26 Å². The molecule has 0 bridgehead atoms. The summed E-state index contributed by atoms with van der Waals surface area (Å²) in [6, 6.07) is 16.5. The van der Waals surface area contributed by atoms with E-state index in [0.717, 1.165) is 22.5 Å². The van der Waals surface area contributed by atoms with Crippen LogP contribution in [0.5, 0.6) is 0 Å². The molecular weight excluding hydrogens is 338 g/mol. The minimum atomic E-state index is -0.298. The van der Waals surface area contributed by atoms with Crippen LogP contribution in [0.4, 0.5) is 17.2 Å². The van der Waals surface area contributed by atoms with Crippen LogP contribution >= 0.6 is 0 Å². The second-order valence-electron chi connectivity index (χ2n) is 6.33. The zero-order valence-electron chi connectivity index (χ0n) is 15.4. The van der Waals surface area contributed by atoms with Crippen molar-refractivity contribution in [2.24, 2.45) is 0 Å². The number of rotatable bonds is 4. The molecule has 1 aromatic heterocycles. The van der Waals surface area contributed by atoms with E-state index in [1.54, 1.807) is 37.3 Å². The number of aryl methyl sites for hydroxylation is 3. The molecule has 0 fully saturated rings. The number of carbonyl (C=O) groups excluding carboxylic acids is 1. The van der Waals surface area contributed by atoms with Gasteiger partial charge >= 0.3 is 0 Å². The maximum absolute atomic E-state index is 12.6. The highest BCUT2D eigenvalue weighted by Crippen LogP contribution is 2.18. The van der Waals surface area contributed by atoms with Gasteiger partial charge in [0.1, 0.15) is 17.3 Å². The van der Waals surface area contributed by atoms with Crippen LogP contribution in [0, 0.1) is 32.1 Å². The second kappa shape index (κ2) is 7.67. The topological polar surface area (TPSA) is 90.7 Å². The first kappa shape index (κ1) is 18.1. The quantitative estimate of drug-likeness (QED) is 0.728. The van der Waals surface area contributed by atoms with E-state index in [1.165, 1.54) is 0 Å². The van der Waals surface area contributed by atoms with Crippen LogP contribution in [0.1, 0.15) is 33.0 Å². The van der Waals surface area contributed by atoms with Crippen LogP contribution in [0.3, 0.4) is 0 Å². The molecule has 6 heteroatoms. The molecule has 6 nitrogen and oxygen atoms in total. The van der Waals surface area contributed by atoms with Crippen molar-refractivity contribution in [3.63, 3.8) is 0 Å². The molecule has 0 aliphatic carbocycles. The fraction of sp³-hybridized carbons (Fsp3) is 0.143. The maximum Gasteiger partial charge on any atom is 0.274 e. The molecule has 0 atom stereocenters. The standard InChI is InChI=1S/C21H19N5O/c1-13-8-14(2)10-18(9-13)26-21(27)19-11-20(24-15(3)23-19)25-17-6-4-16(12-22)5-7-17/h4-11H,1-3H3,(H,26,27)(H,23,24,25). The van der Waals surface area contributed by atoms with Crippen LogP contribution in [0.25, 0.3) is 0 Å². The maximum atomic E-state index is 12.6. The average Bonchev–Trinajstić information content (AvgIpc) is 2.61. The number of nitrogens with zero attached hydrogens (tertiary/aromatic N) is 3. The molecule has 0 aliphatic heterocycles. The Morgan fingerprint density at radius 3 is 2.22 bits per heavy atom. The molecule has 27 heavy (non-hydrogen) atoms. The monoisotopic (exact) mass is 357 g/mol. The Kier molecular flexibility index (Phi) is 5.13. The summed E-state index contributed by atoms with van der Waals surface area (Å²) in [5.74, 6) is 0.699. The Hall–Kier alpha value is -3.72. The van der Waals surface area contributed by atoms with Gasteiger partial charge in [-0.25, -0.2) is 9.97 Å². The fourth-order valence-corrected chi connectivity index (χ4v) is 2.77. The van der Waals surface area contributed by atoms with Crippen LogP contribution in [0.15, 0.2) is 48.5 Å². The van der Waals surface area contributed by atoms with Crippen molar-refractivity contribution in [2.45, 2.75) is 20.8 Å². The van der Waals surface area contributed by atoms with Gasteiger partial charge in [0.15, 0.2) is 0 Å². The molecule has 1 amide bonds. The van der Waals surface area contributed by atoms with E-state index >= 15 is 0 Å². The minimum absolute atomic E-state index is 0.276. The minimum Gasteiger partial charge on any atom is -0.340 e. The van der Waals surface area contributed by atoms with E-state index in [9.17, 15) is 4.79 Å². The number of nitrogens with one attached hydrogen (secondary N) is 2. The van der Waals surface area contributed by atoms with Gasteiger partial charge < -0.3 is 10.6 Å². The molecule has 0 saturated heterocycles. The summed E-state index contributed by atoms with van der Waals surface area (Å²) < 4.78 is 0. The lowest BCUT2D eigenvalue weighted by atomic mass is 10.1. The predicted octanol–water partition coefficient (Wildman–Crippen LogP) is 4.27. The van der Waals surface area contributed by atoms with E-state index in [1.807, 2.05) is 32.0 Å². The molecule has 0 saturated carbocycles. The Morgan fingerprint density at radius 1 is 0.926 bits per heavy atom. The van der Waals surface area contributed by atoms with Crippen LogP contribution in [-0.4, -0.2) is 15.9 Å². The largest absolute Gasteiger partial charge is 0.340 e. The summed E-state index contributed by atoms with van der Waals surface area (Å²) in [7, 11) is 0. The summed E-state index contributed by atoms with van der Waals surface area (Å²) in [6.45, 7) is 5.70. The van der Waals surface area contributed by atoms with E-state index < -0.39 is 0 Å². The van der Waals surface area contributed by atoms with Crippen LogP contribution in [-0.2, 0) is 0 Å². The van der Waals surface area contributed by atoms with Gasteiger partial charge in [-0.3, -0.25) is 4.79 Å². The molecule has 0 unspecified atom stereocenters. The Bertz CT molecular complexity index is 1020. The van der Waals surface area contributed by atoms with Gasteiger partial charge in [-0.2, -0.15) is 5.26 Å². The zero-order chi connectivity index (χ0) is 19.4. The summed E-state index contributed by atoms with van der Waals surface area (Å²) in [6.07, 6.45) is 0. The lowest BCUT2D eigenvalue weighted by molar-refractivity contribution is 0.102. The molecule has 0 aliphatic rings. The van der Waals surface area contributed by atoms with Crippen molar-refractivity contribution in [3.8, 4) is 6.07 Å². The van der Waals surface area contributed by atoms with Gasteiger partial charge in [0.25, 0.3) is 5.91 Å². The van der Waals surface area contributed by atoms with Crippen LogP contribution < -0.4 is 10.6 Å². The lowest BCUT2D eigenvalue weighted by Crippen LogP contribution is -2.15. The summed E-state index contributed by atoms with van der Waals surface area (Å²) >= 11 is 0. The number of amides is 1. The molecule has 2 N–H and O–H groups in total. The third-order valence-corrected chi connectivity index (χ3v) is 3.84. The molecule has 0 spiro atoms. The van der Waals surface area contributed by atoms with Crippen molar-refractivity contribution in [2.75, 3.05) is 10.6 Å². The van der Waals surface area contributed by atoms with Crippen molar-refractivity contribution in [1.82, 2.24) is 9.97 Å². The predicted molar refractivity (Wildman–Crippen MR) is 105 cm³/mol. The third kappa shape index (κ3) is 4.67. The summed E-state index contributed by atoms with van der Waals surface area (Å²) in [5, 5.41) is 14.9. The van der Waals surface area contributed by atoms with Crippen molar-refractivity contribution in [3.05, 3.63) is 76.7 Å². The van der Waals surface area contributed by atoms with Gasteiger partial charge in [-0.05, 0) is 68.3 Å². The van der Waals surface area contributed by atoms with Gasteiger partial charge in [-0.15, -0.1) is 0 Å². The summed E-state index contributed by atoms with van der Waals surface area (Å²) in [4.78, 5) is 21.2. The molecule has 1 heterocycles. The smallest absolute Gasteiger partial charge is 0.274 e. The molecule has 0 radical (unpaired) electrons. The number of carbonyl (C=O) groups is 1. The van der Waals surface area contributed by atoms with Crippen LogP contribution in [0.2, 0.25) is 0 Å². The van der Waals surface area contributed by atoms with Crippen molar-refractivity contribution in [1.29, 1.82) is 5.26 Å². The number of hydrogen-bond acceptors (Lipinski definition) is 5. The Balaban J connectivity index is 1.81. The van der Waals surface area contributed by atoms with Gasteiger partial charge in [0, 0.05) is 17.4 Å². The number of hydrogen-bond donors (Lipinski definition) is 2. The van der Waals surface area contributed by atoms with Gasteiger partial charge in [0.2, 0.25) is 0 Å². The molecule has 2 aromatic carbocycles. The molecule has 3 rings (SSSR count). The Labute approximate surface area is 157 Å². The first-order chi connectivity index (χ1) is 12.9. The van der Waals surface area contributed by atoms with Gasteiger partial charge in [0.05, 0.1) is 11.6 Å². The van der Waals surface area contributed by atoms with E-state index in [2.05, 4.69) is 26.7 Å². The zero-order valence-corrected chi connectivity index (χ0v) is 15.4. The molecule has 134 valence electrons. The van der Waals surface area contributed by atoms with Gasteiger partial charge in [-0.1, -0.05) is 6.07 Å². The van der Waals surface area contributed by atoms with Crippen molar-refractivity contribution >= 4 is 23.1 Å². The highest BCUT2D eigenvalue weighted by Gasteiger charge is 2.12. The van der Waals surface area contributed by atoms with E-state index in [-0.39, 0.29) is 11.6 Å². The number of nitriles is 1. The normalized spacial score (nSPS) is 10.1. The SMILES string of the molecule is Cc1cc(C)cc(NC(=O)c2cc(Nc3ccc(C#N)cc3)nc(C)n2)c1. The average molecular weight is 357 g/mol. The van der Waals surface area contributed by atoms with E-state index in [0.29, 0.717) is 17.2 Å². The summed E-state index contributed by atoms with van der Waals surface area (Å²) in [5.41, 5.74) is 4.51. The number of anilines is 3. The first-order valence-corrected chi connectivity index (χ1v) is 8.45. The van der Waals surface area contributed by atoms with Crippen molar-refractivity contribution < 1.29 is 4.79 Å². The first-order valence-electron chi connectivity index (χ1n) is 8.45.